The zero-order valence-corrected chi connectivity index (χ0v) is 16.3. The molecule has 7 nitrogen and oxygen atoms in total. The van der Waals surface area contributed by atoms with Crippen molar-refractivity contribution in [2.45, 2.75) is 72.0 Å². The van der Waals surface area contributed by atoms with Crippen molar-refractivity contribution >= 4 is 11.8 Å². The standard InChI is InChI=1S/C19H33N3O4/c1-5-14(6-2)10-22-12-20-9-15(22)8-16(18(24)11-23)21-17(19(25)26)7-13(3)4/h9,12-14,16-17,21,23H,5-8,10-11H2,1-4H3,(H,25,26)/t16-,17?/m0/s1. The first-order chi connectivity index (χ1) is 12.3. The van der Waals surface area contributed by atoms with Crippen LogP contribution in [0.4, 0.5) is 0 Å². The minimum Gasteiger partial charge on any atom is -0.480 e. The number of aliphatic hydroxyl groups excluding tert-OH is 1. The summed E-state index contributed by atoms with van der Waals surface area (Å²) in [5.74, 6) is -0.695. The first kappa shape index (κ1) is 22.3. The van der Waals surface area contributed by atoms with Gasteiger partial charge >= 0.3 is 5.97 Å². The molecule has 0 aliphatic heterocycles. The molecule has 2 atom stereocenters. The minimum atomic E-state index is -0.986. The number of Topliss-reactive ketones (excluding diaryl/α,β-unsaturated/α-hetero) is 1. The van der Waals surface area contributed by atoms with Gasteiger partial charge in [0.05, 0.1) is 12.4 Å². The molecule has 3 N–H and O–H groups in total. The van der Waals surface area contributed by atoms with Crippen LogP contribution in [0.5, 0.6) is 0 Å². The summed E-state index contributed by atoms with van der Waals surface area (Å²) < 4.78 is 2.02. The van der Waals surface area contributed by atoms with Crippen LogP contribution in [-0.4, -0.2) is 50.2 Å². The molecule has 7 heteroatoms. The van der Waals surface area contributed by atoms with E-state index in [1.165, 1.54) is 0 Å². The summed E-state index contributed by atoms with van der Waals surface area (Å²) in [6.45, 7) is 8.36. The predicted octanol–water partition coefficient (Wildman–Crippen LogP) is 1.88. The van der Waals surface area contributed by atoms with Crippen molar-refractivity contribution < 1.29 is 19.8 Å². The molecule has 0 saturated carbocycles. The van der Waals surface area contributed by atoms with E-state index in [2.05, 4.69) is 24.1 Å². The topological polar surface area (TPSA) is 104 Å². The molecule has 26 heavy (non-hydrogen) atoms. The second-order valence-corrected chi connectivity index (χ2v) is 7.29. The second-order valence-electron chi connectivity index (χ2n) is 7.29. The van der Waals surface area contributed by atoms with E-state index in [1.807, 2.05) is 18.4 Å². The molecular formula is C19H33N3O4. The number of carbonyl (C=O) groups excluding carboxylic acids is 1. The molecule has 0 fully saturated rings. The molecule has 0 saturated heterocycles. The van der Waals surface area contributed by atoms with Gasteiger partial charge in [0.1, 0.15) is 12.6 Å². The van der Waals surface area contributed by atoms with Crippen LogP contribution in [-0.2, 0) is 22.6 Å². The average molecular weight is 367 g/mol. The quantitative estimate of drug-likeness (QED) is 0.492. The molecule has 0 aliphatic carbocycles. The van der Waals surface area contributed by atoms with Gasteiger partial charge in [-0.25, -0.2) is 4.98 Å². The van der Waals surface area contributed by atoms with Crippen LogP contribution in [0.3, 0.4) is 0 Å². The minimum absolute atomic E-state index is 0.175. The highest BCUT2D eigenvalue weighted by atomic mass is 16.4. The van der Waals surface area contributed by atoms with E-state index in [9.17, 15) is 19.8 Å². The van der Waals surface area contributed by atoms with E-state index in [4.69, 9.17) is 0 Å². The summed E-state index contributed by atoms with van der Waals surface area (Å²) in [4.78, 5) is 27.9. The Balaban J connectivity index is 2.93. The lowest BCUT2D eigenvalue weighted by molar-refractivity contribution is -0.140. The summed E-state index contributed by atoms with van der Waals surface area (Å²) in [5, 5.41) is 21.7. The molecule has 0 amide bonds. The number of aliphatic hydroxyl groups is 1. The fourth-order valence-electron chi connectivity index (χ4n) is 3.05. The Kier molecular flexibility index (Phi) is 9.51. The molecule has 0 spiro atoms. The van der Waals surface area contributed by atoms with Crippen molar-refractivity contribution in [3.63, 3.8) is 0 Å². The van der Waals surface area contributed by atoms with Gasteiger partial charge in [-0.2, -0.15) is 0 Å². The number of aliphatic carboxylic acids is 1. The van der Waals surface area contributed by atoms with Crippen molar-refractivity contribution in [3.8, 4) is 0 Å². The van der Waals surface area contributed by atoms with Crippen LogP contribution in [0.25, 0.3) is 0 Å². The molecule has 1 heterocycles. The Morgan fingerprint density at radius 2 is 1.88 bits per heavy atom. The first-order valence-electron chi connectivity index (χ1n) is 9.43. The van der Waals surface area contributed by atoms with Gasteiger partial charge in [-0.1, -0.05) is 40.5 Å². The Bertz CT molecular complexity index is 567. The maximum absolute atomic E-state index is 12.2. The number of carbonyl (C=O) groups is 2. The third kappa shape index (κ3) is 6.88. The number of rotatable bonds is 13. The van der Waals surface area contributed by atoms with Crippen molar-refractivity contribution in [1.82, 2.24) is 14.9 Å². The van der Waals surface area contributed by atoms with Crippen LogP contribution in [0.2, 0.25) is 0 Å². The number of carboxylic acids is 1. The number of hydrogen-bond acceptors (Lipinski definition) is 5. The summed E-state index contributed by atoms with van der Waals surface area (Å²) >= 11 is 0. The normalized spacial score (nSPS) is 14.0. The number of nitrogens with zero attached hydrogens (tertiary/aromatic N) is 2. The van der Waals surface area contributed by atoms with Crippen LogP contribution >= 0.6 is 0 Å². The van der Waals surface area contributed by atoms with E-state index in [-0.39, 0.29) is 5.92 Å². The largest absolute Gasteiger partial charge is 0.480 e. The molecule has 148 valence electrons. The van der Waals surface area contributed by atoms with Crippen molar-refractivity contribution in [3.05, 3.63) is 18.2 Å². The number of aromatic nitrogens is 2. The van der Waals surface area contributed by atoms with Crippen LogP contribution in [0.15, 0.2) is 12.5 Å². The third-order valence-electron chi connectivity index (χ3n) is 4.77. The van der Waals surface area contributed by atoms with E-state index in [0.717, 1.165) is 25.1 Å². The SMILES string of the molecule is CCC(CC)Cn1cncc1C[C@H](NC(CC(C)C)C(=O)O)C(=O)CO. The average Bonchev–Trinajstić information content (AvgIpc) is 3.03. The van der Waals surface area contributed by atoms with E-state index in [1.54, 1.807) is 12.5 Å². The highest BCUT2D eigenvalue weighted by Gasteiger charge is 2.27. The Labute approximate surface area is 155 Å². The zero-order valence-electron chi connectivity index (χ0n) is 16.3. The van der Waals surface area contributed by atoms with Gasteiger partial charge in [-0.3, -0.25) is 14.9 Å². The number of hydrogen-bond donors (Lipinski definition) is 3. The number of carboxylic acid groups (broad SMARTS) is 1. The number of ketones is 1. The molecule has 1 aromatic rings. The van der Waals surface area contributed by atoms with Gasteiger partial charge in [0.2, 0.25) is 0 Å². The van der Waals surface area contributed by atoms with Crippen molar-refractivity contribution in [1.29, 1.82) is 0 Å². The molecule has 1 aromatic heterocycles. The van der Waals surface area contributed by atoms with E-state index in [0.29, 0.717) is 18.8 Å². The lowest BCUT2D eigenvalue weighted by Gasteiger charge is -2.24. The molecule has 0 radical (unpaired) electrons. The van der Waals surface area contributed by atoms with Gasteiger partial charge < -0.3 is 14.8 Å². The lowest BCUT2D eigenvalue weighted by atomic mass is 10.00. The zero-order chi connectivity index (χ0) is 19.7. The molecule has 0 aliphatic rings. The maximum Gasteiger partial charge on any atom is 0.320 e. The fourth-order valence-corrected chi connectivity index (χ4v) is 3.05. The van der Waals surface area contributed by atoms with E-state index < -0.39 is 30.4 Å². The molecule has 1 unspecified atom stereocenters. The Hall–Kier alpha value is -1.73. The molecule has 0 bridgehead atoms. The summed E-state index contributed by atoms with van der Waals surface area (Å²) in [6.07, 6.45) is 6.29. The van der Waals surface area contributed by atoms with Gasteiger partial charge in [0, 0.05) is 24.9 Å². The van der Waals surface area contributed by atoms with Crippen molar-refractivity contribution in [2.24, 2.45) is 11.8 Å². The van der Waals surface area contributed by atoms with Gasteiger partial charge in [-0.05, 0) is 18.3 Å². The Morgan fingerprint density at radius 3 is 2.38 bits per heavy atom. The maximum atomic E-state index is 12.2. The number of nitrogens with one attached hydrogen (secondary N) is 1. The molecular weight excluding hydrogens is 334 g/mol. The van der Waals surface area contributed by atoms with E-state index >= 15 is 0 Å². The highest BCUT2D eigenvalue weighted by molar-refractivity contribution is 5.86. The molecule has 1 rings (SSSR count). The first-order valence-corrected chi connectivity index (χ1v) is 9.43. The van der Waals surface area contributed by atoms with Gasteiger partial charge in [0.25, 0.3) is 0 Å². The highest BCUT2D eigenvalue weighted by Crippen LogP contribution is 2.15. The predicted molar refractivity (Wildman–Crippen MR) is 99.9 cm³/mol. The fraction of sp³-hybridized carbons (Fsp3) is 0.737. The summed E-state index contributed by atoms with van der Waals surface area (Å²) in [7, 11) is 0. The summed E-state index contributed by atoms with van der Waals surface area (Å²) in [5.41, 5.74) is 0.866. The van der Waals surface area contributed by atoms with Crippen LogP contribution < -0.4 is 5.32 Å². The molecule has 0 aromatic carbocycles. The smallest absolute Gasteiger partial charge is 0.320 e. The lowest BCUT2D eigenvalue weighted by Crippen LogP contribution is -2.49. The van der Waals surface area contributed by atoms with Crippen molar-refractivity contribution in [2.75, 3.05) is 6.61 Å². The third-order valence-corrected chi connectivity index (χ3v) is 4.77. The van der Waals surface area contributed by atoms with Gasteiger partial charge in [0.15, 0.2) is 5.78 Å². The Morgan fingerprint density at radius 1 is 1.23 bits per heavy atom. The number of imidazole rings is 1. The van der Waals surface area contributed by atoms with Crippen LogP contribution in [0.1, 0.15) is 52.7 Å². The monoisotopic (exact) mass is 367 g/mol. The van der Waals surface area contributed by atoms with Gasteiger partial charge in [-0.15, -0.1) is 0 Å². The second kappa shape index (κ2) is 11.1. The van der Waals surface area contributed by atoms with Crippen LogP contribution in [0, 0.1) is 11.8 Å². The summed E-state index contributed by atoms with van der Waals surface area (Å²) in [6, 6.07) is -1.58.